The maximum absolute atomic E-state index is 11.5. The summed E-state index contributed by atoms with van der Waals surface area (Å²) in [6, 6.07) is 2.06. The lowest BCUT2D eigenvalue weighted by atomic mass is 10.3. The van der Waals surface area contributed by atoms with E-state index in [1.54, 1.807) is 0 Å². The highest BCUT2D eigenvalue weighted by Gasteiger charge is 2.13. The molecule has 0 bridgehead atoms. The summed E-state index contributed by atoms with van der Waals surface area (Å²) in [6.45, 7) is 11.1. The summed E-state index contributed by atoms with van der Waals surface area (Å²) in [7, 11) is 1.32. The molecule has 1 heterocycles. The molecular weight excluding hydrogens is 256 g/mol. The van der Waals surface area contributed by atoms with Gasteiger partial charge in [-0.15, -0.1) is 0 Å². The number of rotatable bonds is 7. The van der Waals surface area contributed by atoms with Crippen LogP contribution in [0.1, 0.15) is 37.1 Å². The Labute approximate surface area is 120 Å². The number of aryl methyl sites for hydroxylation is 1. The van der Waals surface area contributed by atoms with E-state index in [-0.39, 0.29) is 11.9 Å². The van der Waals surface area contributed by atoms with Gasteiger partial charge in [0, 0.05) is 24.3 Å². The normalized spacial score (nSPS) is 12.3. The average Bonchev–Trinajstić information content (AvgIpc) is 2.43. The summed E-state index contributed by atoms with van der Waals surface area (Å²) in [5.74, 6) is 0.218. The Morgan fingerprint density at radius 3 is 2.60 bits per heavy atom. The molecule has 0 saturated carbocycles. The van der Waals surface area contributed by atoms with Crippen LogP contribution in [0, 0.1) is 6.92 Å². The van der Waals surface area contributed by atoms with Crippen LogP contribution in [0.15, 0.2) is 6.07 Å². The number of anilines is 1. The van der Waals surface area contributed by atoms with Gasteiger partial charge in [0.05, 0.1) is 7.11 Å². The average molecular weight is 280 g/mol. The molecule has 0 aliphatic carbocycles. The van der Waals surface area contributed by atoms with E-state index < -0.39 is 5.97 Å². The minimum absolute atomic E-state index is 0.0880. The zero-order chi connectivity index (χ0) is 15.1. The highest BCUT2D eigenvalue weighted by molar-refractivity contribution is 5.85. The predicted octanol–water partition coefficient (Wildman–Crippen LogP) is 1.71. The SMILES string of the molecule is CCN(CC)CC(C)Nc1cc(C)nc(C(=O)OC)n1. The van der Waals surface area contributed by atoms with E-state index in [0.717, 1.165) is 25.3 Å². The lowest BCUT2D eigenvalue weighted by Crippen LogP contribution is -2.35. The van der Waals surface area contributed by atoms with Gasteiger partial charge in [0.1, 0.15) is 5.82 Å². The molecule has 6 nitrogen and oxygen atoms in total. The van der Waals surface area contributed by atoms with Crippen molar-refractivity contribution in [1.29, 1.82) is 0 Å². The number of methoxy groups -OCH3 is 1. The first kappa shape index (κ1) is 16.4. The van der Waals surface area contributed by atoms with Crippen molar-refractivity contribution in [1.82, 2.24) is 14.9 Å². The van der Waals surface area contributed by atoms with Crippen molar-refractivity contribution in [3.63, 3.8) is 0 Å². The van der Waals surface area contributed by atoms with Gasteiger partial charge in [-0.25, -0.2) is 14.8 Å². The second kappa shape index (κ2) is 7.79. The zero-order valence-electron chi connectivity index (χ0n) is 12.9. The second-order valence-electron chi connectivity index (χ2n) is 4.74. The smallest absolute Gasteiger partial charge is 0.376 e. The van der Waals surface area contributed by atoms with Gasteiger partial charge in [-0.2, -0.15) is 0 Å². The lowest BCUT2D eigenvalue weighted by Gasteiger charge is -2.23. The first-order valence-corrected chi connectivity index (χ1v) is 6.93. The van der Waals surface area contributed by atoms with Crippen LogP contribution < -0.4 is 5.32 Å². The van der Waals surface area contributed by atoms with Gasteiger partial charge in [-0.1, -0.05) is 13.8 Å². The third kappa shape index (κ3) is 4.77. The number of carbonyl (C=O) groups excluding carboxylic acids is 1. The highest BCUT2D eigenvalue weighted by Crippen LogP contribution is 2.09. The number of nitrogens with one attached hydrogen (secondary N) is 1. The molecule has 1 unspecified atom stereocenters. The van der Waals surface area contributed by atoms with Gasteiger partial charge in [0.25, 0.3) is 0 Å². The molecular formula is C14H24N4O2. The first-order valence-electron chi connectivity index (χ1n) is 6.93. The largest absolute Gasteiger partial charge is 0.463 e. The lowest BCUT2D eigenvalue weighted by molar-refractivity contribution is 0.0586. The molecule has 6 heteroatoms. The summed E-state index contributed by atoms with van der Waals surface area (Å²) < 4.78 is 4.65. The quantitative estimate of drug-likeness (QED) is 0.767. The molecule has 20 heavy (non-hydrogen) atoms. The number of nitrogens with zero attached hydrogens (tertiary/aromatic N) is 3. The van der Waals surface area contributed by atoms with E-state index in [0.29, 0.717) is 5.82 Å². The summed E-state index contributed by atoms with van der Waals surface area (Å²) in [5, 5.41) is 3.30. The van der Waals surface area contributed by atoms with Crippen molar-refractivity contribution >= 4 is 11.8 Å². The van der Waals surface area contributed by atoms with Crippen LogP contribution in [0.5, 0.6) is 0 Å². The number of ether oxygens (including phenoxy) is 1. The summed E-state index contributed by atoms with van der Waals surface area (Å²) in [4.78, 5) is 22.1. The van der Waals surface area contributed by atoms with Crippen molar-refractivity contribution in [2.75, 3.05) is 32.1 Å². The molecule has 1 aromatic rings. The molecule has 1 atom stereocenters. The number of carbonyl (C=O) groups is 1. The van der Waals surface area contributed by atoms with Crippen LogP contribution in [-0.4, -0.2) is 53.6 Å². The Bertz CT molecular complexity index is 447. The van der Waals surface area contributed by atoms with Gasteiger partial charge in [0.15, 0.2) is 0 Å². The minimum Gasteiger partial charge on any atom is -0.463 e. The Balaban J connectivity index is 2.76. The van der Waals surface area contributed by atoms with Crippen molar-refractivity contribution in [2.24, 2.45) is 0 Å². The number of aromatic nitrogens is 2. The third-order valence-corrected chi connectivity index (χ3v) is 3.04. The summed E-state index contributed by atoms with van der Waals surface area (Å²) in [6.07, 6.45) is 0. The molecule has 0 radical (unpaired) electrons. The highest BCUT2D eigenvalue weighted by atomic mass is 16.5. The second-order valence-corrected chi connectivity index (χ2v) is 4.74. The maximum Gasteiger partial charge on any atom is 0.376 e. The van der Waals surface area contributed by atoms with Crippen molar-refractivity contribution < 1.29 is 9.53 Å². The standard InChI is InChI=1S/C14H24N4O2/c1-6-18(7-2)9-11(4)15-12-8-10(3)16-13(17-12)14(19)20-5/h8,11H,6-7,9H2,1-5H3,(H,15,16,17). The zero-order valence-corrected chi connectivity index (χ0v) is 12.9. The van der Waals surface area contributed by atoms with E-state index in [9.17, 15) is 4.79 Å². The number of likely N-dealkylation sites (N-methyl/N-ethyl adjacent to an activating group) is 1. The number of esters is 1. The van der Waals surface area contributed by atoms with E-state index in [1.807, 2.05) is 13.0 Å². The molecule has 1 aromatic heterocycles. The monoisotopic (exact) mass is 280 g/mol. The Kier molecular flexibility index (Phi) is 6.38. The van der Waals surface area contributed by atoms with Gasteiger partial charge in [-0.3, -0.25) is 0 Å². The predicted molar refractivity (Wildman–Crippen MR) is 79.0 cm³/mol. The Morgan fingerprint density at radius 1 is 1.40 bits per heavy atom. The molecule has 0 aromatic carbocycles. The van der Waals surface area contributed by atoms with Crippen molar-refractivity contribution in [2.45, 2.75) is 33.7 Å². The molecule has 1 N–H and O–H groups in total. The van der Waals surface area contributed by atoms with Crippen LogP contribution in [-0.2, 0) is 4.74 Å². The molecule has 0 aliphatic rings. The van der Waals surface area contributed by atoms with E-state index >= 15 is 0 Å². The van der Waals surface area contributed by atoms with Crippen LogP contribution in [0.4, 0.5) is 5.82 Å². The molecule has 0 aliphatic heterocycles. The van der Waals surface area contributed by atoms with Gasteiger partial charge >= 0.3 is 5.97 Å². The van der Waals surface area contributed by atoms with E-state index in [2.05, 4.69) is 45.7 Å². The van der Waals surface area contributed by atoms with Crippen LogP contribution in [0.3, 0.4) is 0 Å². The van der Waals surface area contributed by atoms with E-state index in [4.69, 9.17) is 0 Å². The van der Waals surface area contributed by atoms with E-state index in [1.165, 1.54) is 7.11 Å². The minimum atomic E-state index is -0.520. The van der Waals surface area contributed by atoms with Crippen LogP contribution >= 0.6 is 0 Å². The summed E-state index contributed by atoms with van der Waals surface area (Å²) in [5.41, 5.74) is 0.734. The summed E-state index contributed by atoms with van der Waals surface area (Å²) >= 11 is 0. The first-order chi connectivity index (χ1) is 9.49. The molecule has 1 rings (SSSR count). The Morgan fingerprint density at radius 2 is 2.05 bits per heavy atom. The van der Waals surface area contributed by atoms with Crippen molar-refractivity contribution in [3.8, 4) is 0 Å². The van der Waals surface area contributed by atoms with Gasteiger partial charge < -0.3 is 15.0 Å². The van der Waals surface area contributed by atoms with Gasteiger partial charge in [0.2, 0.25) is 5.82 Å². The fourth-order valence-electron chi connectivity index (χ4n) is 1.99. The molecule has 0 fully saturated rings. The molecule has 112 valence electrons. The maximum atomic E-state index is 11.5. The molecule has 0 spiro atoms. The molecule has 0 amide bonds. The fourth-order valence-corrected chi connectivity index (χ4v) is 1.99. The van der Waals surface area contributed by atoms with Crippen LogP contribution in [0.2, 0.25) is 0 Å². The number of hydrogen-bond donors (Lipinski definition) is 1. The molecule has 0 saturated heterocycles. The topological polar surface area (TPSA) is 67.4 Å². The fraction of sp³-hybridized carbons (Fsp3) is 0.643. The Hall–Kier alpha value is -1.69. The van der Waals surface area contributed by atoms with Crippen LogP contribution in [0.25, 0.3) is 0 Å². The number of hydrogen-bond acceptors (Lipinski definition) is 6. The van der Waals surface area contributed by atoms with Gasteiger partial charge in [-0.05, 0) is 26.9 Å². The van der Waals surface area contributed by atoms with Crippen molar-refractivity contribution in [3.05, 3.63) is 17.6 Å². The third-order valence-electron chi connectivity index (χ3n) is 3.04.